The van der Waals surface area contributed by atoms with Crippen LogP contribution in [0.2, 0.25) is 0 Å². The quantitative estimate of drug-likeness (QED) is 0.823. The van der Waals surface area contributed by atoms with Gasteiger partial charge in [0.25, 0.3) is 0 Å². The summed E-state index contributed by atoms with van der Waals surface area (Å²) in [7, 11) is 1.61. The van der Waals surface area contributed by atoms with Crippen molar-refractivity contribution in [3.8, 4) is 5.75 Å². The average Bonchev–Trinajstić information content (AvgIpc) is 2.42. The number of nitrogens with zero attached hydrogens (tertiary/aromatic N) is 1. The van der Waals surface area contributed by atoms with E-state index in [1.54, 1.807) is 13.2 Å². The van der Waals surface area contributed by atoms with Crippen LogP contribution in [-0.2, 0) is 6.54 Å². The lowest BCUT2D eigenvalue weighted by molar-refractivity contribution is 0.0878. The molecule has 0 bridgehead atoms. The summed E-state index contributed by atoms with van der Waals surface area (Å²) in [6, 6.07) is 5.57. The van der Waals surface area contributed by atoms with Crippen molar-refractivity contribution >= 4 is 0 Å². The van der Waals surface area contributed by atoms with E-state index in [9.17, 15) is 4.39 Å². The molecule has 2 unspecified atom stereocenters. The monoisotopic (exact) mass is 279 g/mol. The van der Waals surface area contributed by atoms with Crippen LogP contribution in [0.25, 0.3) is 0 Å². The number of likely N-dealkylation sites (tertiary alicyclic amines) is 1. The number of piperidine rings is 1. The van der Waals surface area contributed by atoms with Gasteiger partial charge in [-0.2, -0.15) is 0 Å². The standard InChI is InChI=1S/C17H26FNO/c1-12(2)14-9-8-13(3)19(10-14)11-15-16(18)6-5-7-17(15)20-4/h5-7,12-14H,8-11H2,1-4H3. The second kappa shape index (κ2) is 6.57. The Morgan fingerprint density at radius 3 is 2.75 bits per heavy atom. The number of hydrogen-bond donors (Lipinski definition) is 0. The van der Waals surface area contributed by atoms with Crippen LogP contribution < -0.4 is 4.74 Å². The summed E-state index contributed by atoms with van der Waals surface area (Å²) in [5, 5.41) is 0. The summed E-state index contributed by atoms with van der Waals surface area (Å²) in [5.74, 6) is 1.89. The number of rotatable bonds is 4. The van der Waals surface area contributed by atoms with E-state index >= 15 is 0 Å². The zero-order chi connectivity index (χ0) is 14.7. The van der Waals surface area contributed by atoms with Gasteiger partial charge in [0.1, 0.15) is 11.6 Å². The van der Waals surface area contributed by atoms with Crippen molar-refractivity contribution in [2.45, 2.75) is 46.2 Å². The van der Waals surface area contributed by atoms with Gasteiger partial charge in [0, 0.05) is 24.7 Å². The molecule has 3 heteroatoms. The van der Waals surface area contributed by atoms with Gasteiger partial charge in [-0.15, -0.1) is 0 Å². The summed E-state index contributed by atoms with van der Waals surface area (Å²) in [4.78, 5) is 2.40. The molecule has 0 aromatic heterocycles. The molecule has 2 atom stereocenters. The third-order valence-electron chi connectivity index (χ3n) is 4.65. The highest BCUT2D eigenvalue weighted by Gasteiger charge is 2.28. The van der Waals surface area contributed by atoms with Gasteiger partial charge in [-0.3, -0.25) is 4.90 Å². The topological polar surface area (TPSA) is 12.5 Å². The van der Waals surface area contributed by atoms with Gasteiger partial charge < -0.3 is 4.74 Å². The number of halogens is 1. The smallest absolute Gasteiger partial charge is 0.131 e. The summed E-state index contributed by atoms with van der Waals surface area (Å²) >= 11 is 0. The molecule has 0 radical (unpaired) electrons. The fraction of sp³-hybridized carbons (Fsp3) is 0.647. The largest absolute Gasteiger partial charge is 0.496 e. The SMILES string of the molecule is COc1cccc(F)c1CN1CC(C(C)C)CCC1C. The maximum atomic E-state index is 14.1. The lowest BCUT2D eigenvalue weighted by Gasteiger charge is -2.39. The van der Waals surface area contributed by atoms with Gasteiger partial charge in [-0.05, 0) is 43.7 Å². The highest BCUT2D eigenvalue weighted by atomic mass is 19.1. The summed E-state index contributed by atoms with van der Waals surface area (Å²) in [5.41, 5.74) is 0.686. The molecule has 20 heavy (non-hydrogen) atoms. The third kappa shape index (κ3) is 3.32. The fourth-order valence-corrected chi connectivity index (χ4v) is 3.06. The molecular formula is C17H26FNO. The van der Waals surface area contributed by atoms with Crippen molar-refractivity contribution in [2.24, 2.45) is 11.8 Å². The van der Waals surface area contributed by atoms with Gasteiger partial charge in [0.05, 0.1) is 7.11 Å². The Bertz CT molecular complexity index is 447. The van der Waals surface area contributed by atoms with Crippen molar-refractivity contribution in [1.82, 2.24) is 4.90 Å². The number of methoxy groups -OCH3 is 1. The molecule has 1 aliphatic rings. The van der Waals surface area contributed by atoms with E-state index in [0.717, 1.165) is 6.54 Å². The fourth-order valence-electron chi connectivity index (χ4n) is 3.06. The van der Waals surface area contributed by atoms with Crippen LogP contribution in [0, 0.1) is 17.7 Å². The van der Waals surface area contributed by atoms with Gasteiger partial charge in [0.2, 0.25) is 0 Å². The van der Waals surface area contributed by atoms with E-state index in [4.69, 9.17) is 4.74 Å². The highest BCUT2D eigenvalue weighted by Crippen LogP contribution is 2.30. The second-order valence-electron chi connectivity index (χ2n) is 6.28. The first-order chi connectivity index (χ1) is 9.52. The molecular weight excluding hydrogens is 253 g/mol. The molecule has 0 saturated carbocycles. The molecule has 0 amide bonds. The molecule has 2 nitrogen and oxygen atoms in total. The van der Waals surface area contributed by atoms with Crippen molar-refractivity contribution in [3.05, 3.63) is 29.6 Å². The van der Waals surface area contributed by atoms with Crippen LogP contribution in [0.1, 0.15) is 39.2 Å². The van der Waals surface area contributed by atoms with E-state index in [2.05, 4.69) is 25.7 Å². The molecule has 2 rings (SSSR count). The minimum Gasteiger partial charge on any atom is -0.496 e. The third-order valence-corrected chi connectivity index (χ3v) is 4.65. The minimum atomic E-state index is -0.164. The minimum absolute atomic E-state index is 0.164. The number of hydrogen-bond acceptors (Lipinski definition) is 2. The average molecular weight is 279 g/mol. The van der Waals surface area contributed by atoms with Crippen LogP contribution in [-0.4, -0.2) is 24.6 Å². The molecule has 112 valence electrons. The van der Waals surface area contributed by atoms with Crippen molar-refractivity contribution in [2.75, 3.05) is 13.7 Å². The molecule has 1 aliphatic heterocycles. The van der Waals surface area contributed by atoms with Crippen LogP contribution in [0.5, 0.6) is 5.75 Å². The molecule has 0 aliphatic carbocycles. The van der Waals surface area contributed by atoms with Crippen molar-refractivity contribution in [3.63, 3.8) is 0 Å². The van der Waals surface area contributed by atoms with Crippen molar-refractivity contribution < 1.29 is 9.13 Å². The van der Waals surface area contributed by atoms with Crippen LogP contribution >= 0.6 is 0 Å². The van der Waals surface area contributed by atoms with E-state index < -0.39 is 0 Å². The zero-order valence-corrected chi connectivity index (χ0v) is 13.0. The first kappa shape index (κ1) is 15.3. The molecule has 1 saturated heterocycles. The van der Waals surface area contributed by atoms with E-state index in [1.165, 1.54) is 18.9 Å². The lowest BCUT2D eigenvalue weighted by Crippen LogP contribution is -2.42. The lowest BCUT2D eigenvalue weighted by atomic mass is 9.85. The van der Waals surface area contributed by atoms with Crippen LogP contribution in [0.4, 0.5) is 4.39 Å². The van der Waals surface area contributed by atoms with E-state index in [0.29, 0.717) is 35.7 Å². The first-order valence-electron chi connectivity index (χ1n) is 7.58. The summed E-state index contributed by atoms with van der Waals surface area (Å²) in [6.07, 6.45) is 2.48. The molecule has 1 aromatic rings. The molecule has 0 spiro atoms. The normalized spacial score (nSPS) is 24.1. The maximum Gasteiger partial charge on any atom is 0.131 e. The van der Waals surface area contributed by atoms with Gasteiger partial charge in [0.15, 0.2) is 0 Å². The van der Waals surface area contributed by atoms with Crippen LogP contribution in [0.3, 0.4) is 0 Å². The van der Waals surface area contributed by atoms with Gasteiger partial charge in [-0.25, -0.2) is 4.39 Å². The zero-order valence-electron chi connectivity index (χ0n) is 13.0. The van der Waals surface area contributed by atoms with Gasteiger partial charge >= 0.3 is 0 Å². The first-order valence-corrected chi connectivity index (χ1v) is 7.58. The Morgan fingerprint density at radius 2 is 2.10 bits per heavy atom. The Morgan fingerprint density at radius 1 is 1.35 bits per heavy atom. The summed E-state index contributed by atoms with van der Waals surface area (Å²) in [6.45, 7) is 8.49. The predicted octanol–water partition coefficient (Wildman–Crippen LogP) is 4.09. The number of ether oxygens (including phenoxy) is 1. The predicted molar refractivity (Wildman–Crippen MR) is 80.4 cm³/mol. The molecule has 1 aromatic carbocycles. The summed E-state index contributed by atoms with van der Waals surface area (Å²) < 4.78 is 19.4. The Labute approximate surface area is 121 Å². The second-order valence-corrected chi connectivity index (χ2v) is 6.28. The molecule has 1 fully saturated rings. The highest BCUT2D eigenvalue weighted by molar-refractivity contribution is 5.34. The van der Waals surface area contributed by atoms with E-state index in [1.807, 2.05) is 6.07 Å². The Hall–Kier alpha value is -1.09. The Balaban J connectivity index is 2.15. The Kier molecular flexibility index (Phi) is 5.03. The van der Waals surface area contributed by atoms with E-state index in [-0.39, 0.29) is 5.82 Å². The molecule has 1 heterocycles. The number of benzene rings is 1. The molecule has 0 N–H and O–H groups in total. The van der Waals surface area contributed by atoms with Gasteiger partial charge in [-0.1, -0.05) is 19.9 Å². The van der Waals surface area contributed by atoms with Crippen LogP contribution in [0.15, 0.2) is 18.2 Å². The van der Waals surface area contributed by atoms with Crippen molar-refractivity contribution in [1.29, 1.82) is 0 Å². The maximum absolute atomic E-state index is 14.1.